The summed E-state index contributed by atoms with van der Waals surface area (Å²) in [5.41, 5.74) is 3.38. The van der Waals surface area contributed by atoms with Crippen LogP contribution in [0.5, 0.6) is 0 Å². The van der Waals surface area contributed by atoms with Crippen molar-refractivity contribution in [1.29, 1.82) is 0 Å². The molecule has 1 aromatic carbocycles. The standard InChI is InChI=1S/C22H27FN4O2S/c1-22(2,3)30(28,29)27-15-10-8-14(9-11-15)18-12-19-21(26-18)24-13-20(25-19)16-6-4-5-7-17(16)23/h4-7,12-15,27H,8-11H2,1-3H3,(H,24,26)/t14-,15-. The van der Waals surface area contributed by atoms with Gasteiger partial charge < -0.3 is 4.98 Å². The van der Waals surface area contributed by atoms with Gasteiger partial charge in [-0.2, -0.15) is 0 Å². The maximum absolute atomic E-state index is 14.1. The Morgan fingerprint density at radius 3 is 2.50 bits per heavy atom. The highest BCUT2D eigenvalue weighted by molar-refractivity contribution is 7.90. The highest BCUT2D eigenvalue weighted by Crippen LogP contribution is 2.34. The molecule has 0 unspecified atom stereocenters. The number of hydrogen-bond acceptors (Lipinski definition) is 4. The van der Waals surface area contributed by atoms with Crippen LogP contribution >= 0.6 is 0 Å². The van der Waals surface area contributed by atoms with Crippen LogP contribution in [0.25, 0.3) is 22.4 Å². The Morgan fingerprint density at radius 1 is 1.13 bits per heavy atom. The zero-order chi connectivity index (χ0) is 21.5. The lowest BCUT2D eigenvalue weighted by molar-refractivity contribution is 0.368. The van der Waals surface area contributed by atoms with E-state index in [2.05, 4.69) is 19.7 Å². The second kappa shape index (κ2) is 7.74. The Bertz CT molecular complexity index is 1160. The topological polar surface area (TPSA) is 87.7 Å². The van der Waals surface area contributed by atoms with Gasteiger partial charge in [0.05, 0.1) is 16.6 Å². The summed E-state index contributed by atoms with van der Waals surface area (Å²) in [5, 5.41) is 0. The number of aromatic amines is 1. The van der Waals surface area contributed by atoms with Crippen molar-refractivity contribution in [2.24, 2.45) is 0 Å². The predicted molar refractivity (Wildman–Crippen MR) is 116 cm³/mol. The molecule has 1 aliphatic carbocycles. The molecule has 1 fully saturated rings. The third-order valence-corrected chi connectivity index (χ3v) is 8.06. The van der Waals surface area contributed by atoms with Gasteiger partial charge in [0.2, 0.25) is 10.0 Å². The molecule has 2 N–H and O–H groups in total. The molecule has 0 spiro atoms. The van der Waals surface area contributed by atoms with Crippen molar-refractivity contribution in [3.63, 3.8) is 0 Å². The minimum Gasteiger partial charge on any atom is -0.342 e. The van der Waals surface area contributed by atoms with Gasteiger partial charge in [-0.3, -0.25) is 0 Å². The van der Waals surface area contributed by atoms with Gasteiger partial charge in [0.25, 0.3) is 0 Å². The van der Waals surface area contributed by atoms with Crippen molar-refractivity contribution >= 4 is 21.2 Å². The fourth-order valence-corrected chi connectivity index (χ4v) is 4.89. The van der Waals surface area contributed by atoms with E-state index < -0.39 is 14.8 Å². The summed E-state index contributed by atoms with van der Waals surface area (Å²) in [7, 11) is -3.34. The number of nitrogens with zero attached hydrogens (tertiary/aromatic N) is 2. The van der Waals surface area contributed by atoms with Crippen molar-refractivity contribution in [2.75, 3.05) is 0 Å². The lowest BCUT2D eigenvalue weighted by atomic mass is 9.84. The van der Waals surface area contributed by atoms with Crippen LogP contribution in [0.3, 0.4) is 0 Å². The molecular weight excluding hydrogens is 403 g/mol. The summed E-state index contributed by atoms with van der Waals surface area (Å²) >= 11 is 0. The maximum Gasteiger partial charge on any atom is 0.216 e. The van der Waals surface area contributed by atoms with Crippen LogP contribution in [0.15, 0.2) is 36.5 Å². The van der Waals surface area contributed by atoms with Crippen LogP contribution in [0.2, 0.25) is 0 Å². The Hall–Kier alpha value is -2.32. The first kappa shape index (κ1) is 20.9. The summed E-state index contributed by atoms with van der Waals surface area (Å²) in [4.78, 5) is 12.4. The molecule has 1 aliphatic rings. The Morgan fingerprint density at radius 2 is 1.83 bits per heavy atom. The molecular formula is C22H27FN4O2S. The third-order valence-electron chi connectivity index (χ3n) is 5.80. The van der Waals surface area contributed by atoms with Crippen LogP contribution in [0.4, 0.5) is 4.39 Å². The monoisotopic (exact) mass is 430 g/mol. The molecule has 0 aliphatic heterocycles. The first-order chi connectivity index (χ1) is 14.1. The number of halogens is 1. The molecule has 0 radical (unpaired) electrons. The zero-order valence-electron chi connectivity index (χ0n) is 17.4. The highest BCUT2D eigenvalue weighted by Gasteiger charge is 2.33. The van der Waals surface area contributed by atoms with Crippen LogP contribution in [0.1, 0.15) is 58.1 Å². The molecule has 30 heavy (non-hydrogen) atoms. The van der Waals surface area contributed by atoms with Crippen molar-refractivity contribution in [3.8, 4) is 11.3 Å². The van der Waals surface area contributed by atoms with Gasteiger partial charge in [-0.15, -0.1) is 0 Å². The van der Waals surface area contributed by atoms with Gasteiger partial charge in [-0.25, -0.2) is 27.5 Å². The van der Waals surface area contributed by atoms with E-state index in [1.807, 2.05) is 6.07 Å². The van der Waals surface area contributed by atoms with E-state index in [0.29, 0.717) is 28.3 Å². The Kier molecular flexibility index (Phi) is 5.40. The van der Waals surface area contributed by atoms with E-state index in [1.165, 1.54) is 6.07 Å². The van der Waals surface area contributed by atoms with Gasteiger partial charge >= 0.3 is 0 Å². The van der Waals surface area contributed by atoms with Crippen LogP contribution in [-0.4, -0.2) is 34.2 Å². The summed E-state index contributed by atoms with van der Waals surface area (Å²) < 4.78 is 40.9. The number of aromatic nitrogens is 3. The van der Waals surface area contributed by atoms with Crippen molar-refractivity contribution in [1.82, 2.24) is 19.7 Å². The van der Waals surface area contributed by atoms with Gasteiger partial charge in [0.1, 0.15) is 11.3 Å². The molecule has 0 bridgehead atoms. The molecule has 1 saturated carbocycles. The molecule has 6 nitrogen and oxygen atoms in total. The van der Waals surface area contributed by atoms with Crippen molar-refractivity contribution in [3.05, 3.63) is 48.0 Å². The molecule has 0 saturated heterocycles. The first-order valence-electron chi connectivity index (χ1n) is 10.3. The third kappa shape index (κ3) is 4.11. The van der Waals surface area contributed by atoms with E-state index in [4.69, 9.17) is 0 Å². The average Bonchev–Trinajstić information content (AvgIpc) is 3.11. The largest absolute Gasteiger partial charge is 0.342 e. The number of hydrogen-bond donors (Lipinski definition) is 2. The van der Waals surface area contributed by atoms with Crippen LogP contribution < -0.4 is 4.72 Å². The van der Waals surface area contributed by atoms with Gasteiger partial charge in [0.15, 0.2) is 5.65 Å². The SMILES string of the molecule is CC(C)(C)S(=O)(=O)N[C@H]1CC[C@H](c2cc3nc(-c4ccccc4F)cnc3[nH]2)CC1. The summed E-state index contributed by atoms with van der Waals surface area (Å²) in [6.45, 7) is 5.13. The van der Waals surface area contributed by atoms with Gasteiger partial charge in [-0.1, -0.05) is 12.1 Å². The summed E-state index contributed by atoms with van der Waals surface area (Å²) in [6.07, 6.45) is 4.92. The second-order valence-electron chi connectivity index (χ2n) is 8.98. The van der Waals surface area contributed by atoms with E-state index in [-0.39, 0.29) is 11.9 Å². The number of rotatable bonds is 4. The van der Waals surface area contributed by atoms with E-state index >= 15 is 0 Å². The Labute approximate surface area is 176 Å². The lowest BCUT2D eigenvalue weighted by Gasteiger charge is -2.31. The van der Waals surface area contributed by atoms with E-state index in [0.717, 1.165) is 31.4 Å². The molecule has 2 aromatic heterocycles. The summed E-state index contributed by atoms with van der Waals surface area (Å²) in [6, 6.07) is 8.49. The van der Waals surface area contributed by atoms with Crippen molar-refractivity contribution in [2.45, 2.75) is 63.2 Å². The van der Waals surface area contributed by atoms with Crippen molar-refractivity contribution < 1.29 is 12.8 Å². The molecule has 8 heteroatoms. The first-order valence-corrected chi connectivity index (χ1v) is 11.7. The minimum atomic E-state index is -3.34. The van der Waals surface area contributed by atoms with Crippen LogP contribution in [-0.2, 0) is 10.0 Å². The number of nitrogens with one attached hydrogen (secondary N) is 2. The van der Waals surface area contributed by atoms with Gasteiger partial charge in [0, 0.05) is 17.3 Å². The molecule has 3 aromatic rings. The smallest absolute Gasteiger partial charge is 0.216 e. The van der Waals surface area contributed by atoms with Crippen LogP contribution in [0, 0.1) is 5.82 Å². The lowest BCUT2D eigenvalue weighted by Crippen LogP contribution is -2.45. The zero-order valence-corrected chi connectivity index (χ0v) is 18.3. The minimum absolute atomic E-state index is 0.0289. The number of fused-ring (bicyclic) bond motifs is 1. The van der Waals surface area contributed by atoms with E-state index in [1.54, 1.807) is 45.2 Å². The molecule has 2 heterocycles. The average molecular weight is 431 g/mol. The molecule has 0 atom stereocenters. The predicted octanol–water partition coefficient (Wildman–Crippen LogP) is 4.51. The number of sulfonamides is 1. The fourth-order valence-electron chi connectivity index (χ4n) is 3.86. The molecule has 4 rings (SSSR count). The quantitative estimate of drug-likeness (QED) is 0.638. The highest BCUT2D eigenvalue weighted by atomic mass is 32.2. The molecule has 0 amide bonds. The number of H-pyrrole nitrogens is 1. The second-order valence-corrected chi connectivity index (χ2v) is 11.4. The maximum atomic E-state index is 14.1. The van der Waals surface area contributed by atoms with Gasteiger partial charge in [-0.05, 0) is 70.6 Å². The normalized spacial score (nSPS) is 20.5. The fraction of sp³-hybridized carbons (Fsp3) is 0.455. The Balaban J connectivity index is 1.48. The number of benzene rings is 1. The van der Waals surface area contributed by atoms with E-state index in [9.17, 15) is 12.8 Å². The molecule has 160 valence electrons. The summed E-state index contributed by atoms with van der Waals surface area (Å²) in [5.74, 6) is -0.0220.